The van der Waals surface area contributed by atoms with E-state index >= 15 is 0 Å². The number of aryl methyl sites for hydroxylation is 1. The lowest BCUT2D eigenvalue weighted by Gasteiger charge is -2.25. The first kappa shape index (κ1) is 14.2. The zero-order chi connectivity index (χ0) is 12.8. The molecular formula is C14H22N2S2. The molecule has 2 rings (SSSR count). The van der Waals surface area contributed by atoms with Crippen molar-refractivity contribution in [3.05, 3.63) is 29.6 Å². The van der Waals surface area contributed by atoms with Gasteiger partial charge in [-0.05, 0) is 25.1 Å². The van der Waals surface area contributed by atoms with E-state index in [0.717, 1.165) is 13.0 Å². The molecule has 0 spiro atoms. The lowest BCUT2D eigenvalue weighted by Crippen LogP contribution is -2.35. The first-order valence-corrected chi connectivity index (χ1v) is 8.90. The molecule has 0 bridgehead atoms. The second-order valence-corrected chi connectivity index (χ2v) is 7.03. The largest absolute Gasteiger partial charge is 0.296 e. The number of thioether (sulfide) groups is 2. The first-order chi connectivity index (χ1) is 8.79. The van der Waals surface area contributed by atoms with Crippen LogP contribution in [0.4, 0.5) is 0 Å². The molecule has 1 aromatic rings. The van der Waals surface area contributed by atoms with Gasteiger partial charge in [0.15, 0.2) is 0 Å². The number of nitrogens with zero attached hydrogens (tertiary/aromatic N) is 2. The summed E-state index contributed by atoms with van der Waals surface area (Å²) in [5.74, 6) is 5.13. The summed E-state index contributed by atoms with van der Waals surface area (Å²) >= 11 is 4.17. The van der Waals surface area contributed by atoms with Gasteiger partial charge in [0.25, 0.3) is 0 Å². The topological polar surface area (TPSA) is 16.1 Å². The Morgan fingerprint density at radius 3 is 2.56 bits per heavy atom. The van der Waals surface area contributed by atoms with E-state index in [-0.39, 0.29) is 0 Å². The van der Waals surface area contributed by atoms with E-state index in [1.54, 1.807) is 0 Å². The fourth-order valence-corrected chi connectivity index (χ4v) is 4.72. The Morgan fingerprint density at radius 2 is 2.00 bits per heavy atom. The molecule has 18 heavy (non-hydrogen) atoms. The summed E-state index contributed by atoms with van der Waals surface area (Å²) in [4.78, 5) is 7.01. The molecule has 1 aromatic heterocycles. The van der Waals surface area contributed by atoms with Crippen LogP contribution in [0.1, 0.15) is 18.2 Å². The monoisotopic (exact) mass is 282 g/mol. The Kier molecular flexibility index (Phi) is 5.86. The zero-order valence-corrected chi connectivity index (χ0v) is 12.9. The molecule has 2 nitrogen and oxygen atoms in total. The molecule has 0 aliphatic carbocycles. The van der Waals surface area contributed by atoms with E-state index in [2.05, 4.69) is 59.5 Å². The van der Waals surface area contributed by atoms with E-state index in [0.29, 0.717) is 6.04 Å². The smallest absolute Gasteiger partial charge is 0.0544 e. The average Bonchev–Trinajstić information content (AvgIpc) is 2.68. The van der Waals surface area contributed by atoms with E-state index in [1.165, 1.54) is 34.3 Å². The Labute approximate surface area is 119 Å². The second kappa shape index (κ2) is 7.41. The van der Waals surface area contributed by atoms with Gasteiger partial charge in [0, 0.05) is 41.8 Å². The van der Waals surface area contributed by atoms with Crippen molar-refractivity contribution in [3.63, 3.8) is 0 Å². The van der Waals surface area contributed by atoms with Gasteiger partial charge in [0.2, 0.25) is 0 Å². The molecule has 0 N–H and O–H groups in total. The summed E-state index contributed by atoms with van der Waals surface area (Å²) < 4.78 is 0. The predicted octanol–water partition coefficient (Wildman–Crippen LogP) is 2.92. The van der Waals surface area contributed by atoms with Crippen LogP contribution in [0.2, 0.25) is 0 Å². The predicted molar refractivity (Wildman–Crippen MR) is 83.5 cm³/mol. The lowest BCUT2D eigenvalue weighted by molar-refractivity contribution is 0.270. The number of hydrogen-bond acceptors (Lipinski definition) is 4. The fourth-order valence-electron chi connectivity index (χ4n) is 2.00. The van der Waals surface area contributed by atoms with E-state index in [1.807, 2.05) is 6.20 Å². The first-order valence-electron chi connectivity index (χ1n) is 6.59. The molecule has 1 saturated heterocycles. The quantitative estimate of drug-likeness (QED) is 0.843. The molecule has 1 aliphatic heterocycles. The SMILES string of the molecule is CCc1ccc(CN(C)C2CSCCSC2)nc1. The fraction of sp³-hybridized carbons (Fsp3) is 0.643. The van der Waals surface area contributed by atoms with Crippen molar-refractivity contribution in [1.82, 2.24) is 9.88 Å². The summed E-state index contributed by atoms with van der Waals surface area (Å²) in [6.45, 7) is 3.14. The highest BCUT2D eigenvalue weighted by Crippen LogP contribution is 2.20. The molecule has 0 saturated carbocycles. The van der Waals surface area contributed by atoms with Gasteiger partial charge in [-0.3, -0.25) is 9.88 Å². The summed E-state index contributed by atoms with van der Waals surface area (Å²) in [7, 11) is 2.23. The lowest BCUT2D eigenvalue weighted by atomic mass is 10.2. The Morgan fingerprint density at radius 1 is 1.28 bits per heavy atom. The van der Waals surface area contributed by atoms with Gasteiger partial charge < -0.3 is 0 Å². The minimum absolute atomic E-state index is 0.690. The van der Waals surface area contributed by atoms with Crippen molar-refractivity contribution in [2.45, 2.75) is 25.9 Å². The maximum Gasteiger partial charge on any atom is 0.0544 e. The van der Waals surface area contributed by atoms with Crippen molar-refractivity contribution in [3.8, 4) is 0 Å². The summed E-state index contributed by atoms with van der Waals surface area (Å²) in [6.07, 6.45) is 3.08. The van der Waals surface area contributed by atoms with Crippen LogP contribution in [0, 0.1) is 0 Å². The Bertz CT molecular complexity index is 345. The van der Waals surface area contributed by atoms with Crippen LogP contribution in [-0.2, 0) is 13.0 Å². The van der Waals surface area contributed by atoms with Crippen LogP contribution in [0.3, 0.4) is 0 Å². The van der Waals surface area contributed by atoms with Crippen LogP contribution in [-0.4, -0.2) is 46.0 Å². The number of aromatic nitrogens is 1. The summed E-state index contributed by atoms with van der Waals surface area (Å²) in [5.41, 5.74) is 2.51. The zero-order valence-electron chi connectivity index (χ0n) is 11.3. The average molecular weight is 282 g/mol. The van der Waals surface area contributed by atoms with Crippen molar-refractivity contribution in [2.75, 3.05) is 30.1 Å². The molecule has 4 heteroatoms. The van der Waals surface area contributed by atoms with Gasteiger partial charge in [-0.15, -0.1) is 0 Å². The number of rotatable bonds is 4. The third kappa shape index (κ3) is 4.18. The van der Waals surface area contributed by atoms with Gasteiger partial charge in [-0.25, -0.2) is 0 Å². The third-order valence-corrected chi connectivity index (χ3v) is 5.81. The standard InChI is InChI=1S/C14H22N2S2/c1-3-12-4-5-13(15-8-12)9-16(2)14-10-17-6-7-18-11-14/h4-5,8,14H,3,6-7,9-11H2,1-2H3. The molecule has 2 heterocycles. The van der Waals surface area contributed by atoms with Crippen molar-refractivity contribution in [2.24, 2.45) is 0 Å². The molecule has 0 amide bonds. The van der Waals surface area contributed by atoms with Gasteiger partial charge in [0.05, 0.1) is 5.69 Å². The summed E-state index contributed by atoms with van der Waals surface area (Å²) in [6, 6.07) is 5.06. The Balaban J connectivity index is 1.90. The van der Waals surface area contributed by atoms with Crippen LogP contribution in [0.5, 0.6) is 0 Å². The normalized spacial score (nSPS) is 17.9. The highest BCUT2D eigenvalue weighted by Gasteiger charge is 2.17. The van der Waals surface area contributed by atoms with Crippen LogP contribution in [0.25, 0.3) is 0 Å². The minimum Gasteiger partial charge on any atom is -0.296 e. The van der Waals surface area contributed by atoms with Gasteiger partial charge in [0.1, 0.15) is 0 Å². The Hall–Kier alpha value is -0.190. The highest BCUT2D eigenvalue weighted by molar-refractivity contribution is 8.03. The van der Waals surface area contributed by atoms with Crippen LogP contribution >= 0.6 is 23.5 Å². The van der Waals surface area contributed by atoms with E-state index in [9.17, 15) is 0 Å². The molecule has 0 atom stereocenters. The number of pyridine rings is 1. The van der Waals surface area contributed by atoms with Crippen LogP contribution < -0.4 is 0 Å². The highest BCUT2D eigenvalue weighted by atomic mass is 32.2. The van der Waals surface area contributed by atoms with Gasteiger partial charge in [-0.2, -0.15) is 23.5 Å². The van der Waals surface area contributed by atoms with E-state index in [4.69, 9.17) is 0 Å². The third-order valence-electron chi connectivity index (χ3n) is 3.32. The molecule has 1 aliphatic rings. The molecule has 1 fully saturated rings. The van der Waals surface area contributed by atoms with Crippen molar-refractivity contribution in [1.29, 1.82) is 0 Å². The number of hydrogen-bond donors (Lipinski definition) is 0. The minimum atomic E-state index is 0.690. The van der Waals surface area contributed by atoms with Crippen molar-refractivity contribution < 1.29 is 0 Å². The van der Waals surface area contributed by atoms with Gasteiger partial charge >= 0.3 is 0 Å². The van der Waals surface area contributed by atoms with E-state index < -0.39 is 0 Å². The molecule has 0 unspecified atom stereocenters. The van der Waals surface area contributed by atoms with Gasteiger partial charge in [-0.1, -0.05) is 13.0 Å². The summed E-state index contributed by atoms with van der Waals surface area (Å²) in [5, 5.41) is 0. The maximum atomic E-state index is 4.55. The molecule has 0 radical (unpaired) electrons. The van der Waals surface area contributed by atoms with Crippen molar-refractivity contribution >= 4 is 23.5 Å². The molecular weight excluding hydrogens is 260 g/mol. The second-order valence-electron chi connectivity index (χ2n) is 4.73. The molecule has 100 valence electrons. The maximum absolute atomic E-state index is 4.55. The van der Waals surface area contributed by atoms with Crippen LogP contribution in [0.15, 0.2) is 18.3 Å². The molecule has 0 aromatic carbocycles.